The molecule has 2 aromatic carbocycles. The van der Waals surface area contributed by atoms with E-state index in [1.54, 1.807) is 30.2 Å². The normalized spacial score (nSPS) is 19.6. The van der Waals surface area contributed by atoms with Crippen LogP contribution in [0, 0.1) is 5.92 Å². The topological polar surface area (TPSA) is 82.2 Å². The third kappa shape index (κ3) is 4.45. The second kappa shape index (κ2) is 9.60. The van der Waals surface area contributed by atoms with Crippen molar-refractivity contribution in [2.75, 3.05) is 43.6 Å². The minimum absolute atomic E-state index is 0.0359. The van der Waals surface area contributed by atoms with Gasteiger partial charge in [0, 0.05) is 36.4 Å². The van der Waals surface area contributed by atoms with Gasteiger partial charge in [-0.15, -0.1) is 0 Å². The molecule has 0 atom stereocenters. The Morgan fingerprint density at radius 1 is 1.06 bits per heavy atom. The summed E-state index contributed by atoms with van der Waals surface area (Å²) < 4.78 is 5.23. The van der Waals surface area contributed by atoms with Gasteiger partial charge in [-0.3, -0.25) is 14.4 Å². The molecule has 5 rings (SSSR count). The number of para-hydroxylation sites is 1. The van der Waals surface area contributed by atoms with E-state index in [4.69, 9.17) is 4.74 Å². The van der Waals surface area contributed by atoms with Crippen LogP contribution in [0.2, 0.25) is 0 Å². The Kier molecular flexibility index (Phi) is 6.36. The van der Waals surface area contributed by atoms with Crippen LogP contribution in [0.4, 0.5) is 11.4 Å². The number of hydrogen-bond acceptors (Lipinski definition) is 5. The van der Waals surface area contributed by atoms with Crippen LogP contribution in [-0.2, 0) is 14.4 Å². The van der Waals surface area contributed by atoms with Gasteiger partial charge in [0.15, 0.2) is 0 Å². The number of carbonyl (C=O) groups excluding carboxylic acids is 3. The summed E-state index contributed by atoms with van der Waals surface area (Å²) in [4.78, 5) is 45.2. The summed E-state index contributed by atoms with van der Waals surface area (Å²) in [7, 11) is 1.58. The van der Waals surface area contributed by atoms with E-state index in [9.17, 15) is 14.4 Å². The predicted octanol–water partition coefficient (Wildman–Crippen LogP) is 3.10. The fraction of sp³-hybridized carbons (Fsp3) is 0.444. The molecule has 1 saturated carbocycles. The van der Waals surface area contributed by atoms with Crippen LogP contribution >= 0.6 is 0 Å². The van der Waals surface area contributed by atoms with Crippen LogP contribution in [0.5, 0.6) is 5.75 Å². The van der Waals surface area contributed by atoms with Crippen molar-refractivity contribution in [3.8, 4) is 5.75 Å². The Labute approximate surface area is 205 Å². The molecule has 3 aliphatic rings. The highest BCUT2D eigenvalue weighted by atomic mass is 16.5. The average molecular weight is 477 g/mol. The first-order valence-corrected chi connectivity index (χ1v) is 12.3. The standard InChI is InChI=1S/C27H32N4O4/c1-35-23-12-6-9-21(17-23)28-24(32)18-30-19-31(22-10-3-2-4-11-22)27(26(30)34)13-15-29(16-14-27)25(33)20-7-5-8-20/h2-4,6,9-12,17,20H,5,7-8,13-16,18-19H2,1H3,(H,28,32). The van der Waals surface area contributed by atoms with Gasteiger partial charge in [0.2, 0.25) is 11.8 Å². The monoisotopic (exact) mass is 476 g/mol. The third-order valence-corrected chi connectivity index (χ3v) is 7.63. The maximum absolute atomic E-state index is 13.8. The van der Waals surface area contributed by atoms with Crippen LogP contribution < -0.4 is 15.0 Å². The Morgan fingerprint density at radius 2 is 1.80 bits per heavy atom. The molecule has 8 nitrogen and oxygen atoms in total. The summed E-state index contributed by atoms with van der Waals surface area (Å²) in [6, 6.07) is 17.0. The van der Waals surface area contributed by atoms with Gasteiger partial charge in [-0.05, 0) is 49.9 Å². The highest BCUT2D eigenvalue weighted by Crippen LogP contribution is 2.40. The van der Waals surface area contributed by atoms with Gasteiger partial charge >= 0.3 is 0 Å². The SMILES string of the molecule is COc1cccc(NC(=O)CN2CN(c3ccccc3)C3(CCN(C(=O)C4CCC4)CC3)C2=O)c1. The Hall–Kier alpha value is -3.55. The number of nitrogens with one attached hydrogen (secondary N) is 1. The Balaban J connectivity index is 1.32. The van der Waals surface area contributed by atoms with E-state index >= 15 is 0 Å². The third-order valence-electron chi connectivity index (χ3n) is 7.63. The van der Waals surface area contributed by atoms with Crippen LogP contribution in [-0.4, -0.2) is 66.5 Å². The van der Waals surface area contributed by atoms with Gasteiger partial charge in [-0.2, -0.15) is 0 Å². The van der Waals surface area contributed by atoms with Crippen molar-refractivity contribution in [1.82, 2.24) is 9.80 Å². The first kappa shape index (κ1) is 23.2. The number of hydrogen-bond donors (Lipinski definition) is 1. The van der Waals surface area contributed by atoms with Gasteiger partial charge in [0.1, 0.15) is 17.8 Å². The fourth-order valence-corrected chi connectivity index (χ4v) is 5.41. The molecule has 1 N–H and O–H groups in total. The minimum atomic E-state index is -0.742. The number of benzene rings is 2. The van der Waals surface area contributed by atoms with Crippen LogP contribution in [0.15, 0.2) is 54.6 Å². The first-order chi connectivity index (χ1) is 17.0. The molecule has 184 valence electrons. The molecule has 2 aliphatic heterocycles. The van der Waals surface area contributed by atoms with E-state index < -0.39 is 5.54 Å². The summed E-state index contributed by atoms with van der Waals surface area (Å²) in [6.07, 6.45) is 4.21. The number of methoxy groups -OCH3 is 1. The smallest absolute Gasteiger partial charge is 0.250 e. The van der Waals surface area contributed by atoms with Gasteiger partial charge in [-0.1, -0.05) is 30.7 Å². The number of piperidine rings is 1. The van der Waals surface area contributed by atoms with Crippen molar-refractivity contribution in [2.24, 2.45) is 5.92 Å². The Bertz CT molecular complexity index is 1090. The van der Waals surface area contributed by atoms with Gasteiger partial charge in [-0.25, -0.2) is 0 Å². The zero-order valence-electron chi connectivity index (χ0n) is 20.1. The van der Waals surface area contributed by atoms with Crippen LogP contribution in [0.3, 0.4) is 0 Å². The van der Waals surface area contributed by atoms with Crippen LogP contribution in [0.1, 0.15) is 32.1 Å². The molecule has 3 fully saturated rings. The number of rotatable bonds is 6. The molecule has 1 spiro atoms. The predicted molar refractivity (Wildman–Crippen MR) is 133 cm³/mol. The van der Waals surface area contributed by atoms with Crippen molar-refractivity contribution in [3.05, 3.63) is 54.6 Å². The number of anilines is 2. The zero-order chi connectivity index (χ0) is 24.4. The summed E-state index contributed by atoms with van der Waals surface area (Å²) in [5.41, 5.74) is 0.835. The number of carbonyl (C=O) groups is 3. The van der Waals surface area contributed by atoms with E-state index in [0.29, 0.717) is 44.0 Å². The summed E-state index contributed by atoms with van der Waals surface area (Å²) in [5.74, 6) is 0.743. The van der Waals surface area contributed by atoms with E-state index in [2.05, 4.69) is 10.2 Å². The molecule has 0 unspecified atom stereocenters. The lowest BCUT2D eigenvalue weighted by Gasteiger charge is -2.44. The van der Waals surface area contributed by atoms with E-state index in [0.717, 1.165) is 24.9 Å². The largest absolute Gasteiger partial charge is 0.497 e. The zero-order valence-corrected chi connectivity index (χ0v) is 20.1. The van der Waals surface area contributed by atoms with Crippen molar-refractivity contribution in [2.45, 2.75) is 37.6 Å². The van der Waals surface area contributed by atoms with Crippen molar-refractivity contribution < 1.29 is 19.1 Å². The van der Waals surface area contributed by atoms with E-state index in [-0.39, 0.29) is 30.2 Å². The maximum Gasteiger partial charge on any atom is 0.250 e. The highest BCUT2D eigenvalue weighted by Gasteiger charge is 2.54. The van der Waals surface area contributed by atoms with E-state index in [1.165, 1.54) is 0 Å². The average Bonchev–Trinajstić information content (AvgIpc) is 3.10. The van der Waals surface area contributed by atoms with Crippen LogP contribution in [0.25, 0.3) is 0 Å². The lowest BCUT2D eigenvalue weighted by Crippen LogP contribution is -2.58. The summed E-state index contributed by atoms with van der Waals surface area (Å²) >= 11 is 0. The maximum atomic E-state index is 13.8. The molecule has 0 bridgehead atoms. The van der Waals surface area contributed by atoms with Gasteiger partial charge < -0.3 is 24.8 Å². The lowest BCUT2D eigenvalue weighted by atomic mass is 9.81. The molecule has 1 aliphatic carbocycles. The highest BCUT2D eigenvalue weighted by molar-refractivity contribution is 5.99. The molecule has 0 radical (unpaired) electrons. The molecular formula is C27H32N4O4. The summed E-state index contributed by atoms with van der Waals surface area (Å²) in [6.45, 7) is 1.43. The lowest BCUT2D eigenvalue weighted by molar-refractivity contribution is -0.143. The molecule has 2 saturated heterocycles. The fourth-order valence-electron chi connectivity index (χ4n) is 5.41. The number of ether oxygens (including phenoxy) is 1. The molecule has 2 heterocycles. The van der Waals surface area contributed by atoms with Crippen molar-refractivity contribution >= 4 is 29.1 Å². The molecular weight excluding hydrogens is 444 g/mol. The molecule has 0 aromatic heterocycles. The summed E-state index contributed by atoms with van der Waals surface area (Å²) in [5, 5.41) is 2.87. The number of likely N-dealkylation sites (tertiary alicyclic amines) is 1. The van der Waals surface area contributed by atoms with Gasteiger partial charge in [0.05, 0.1) is 13.8 Å². The molecule has 8 heteroatoms. The molecule has 2 aromatic rings. The van der Waals surface area contributed by atoms with Crippen molar-refractivity contribution in [3.63, 3.8) is 0 Å². The second-order valence-corrected chi connectivity index (χ2v) is 9.67. The number of nitrogens with zero attached hydrogens (tertiary/aromatic N) is 3. The number of amides is 3. The van der Waals surface area contributed by atoms with Gasteiger partial charge in [0.25, 0.3) is 5.91 Å². The second-order valence-electron chi connectivity index (χ2n) is 9.67. The first-order valence-electron chi connectivity index (χ1n) is 12.3. The molecule has 35 heavy (non-hydrogen) atoms. The van der Waals surface area contributed by atoms with Crippen molar-refractivity contribution in [1.29, 1.82) is 0 Å². The quantitative estimate of drug-likeness (QED) is 0.693. The minimum Gasteiger partial charge on any atom is -0.497 e. The Morgan fingerprint density at radius 3 is 2.46 bits per heavy atom. The molecule has 3 amide bonds. The van der Waals surface area contributed by atoms with E-state index in [1.807, 2.05) is 41.3 Å².